The molecule has 0 bridgehead atoms. The van der Waals surface area contributed by atoms with Gasteiger partial charge in [-0.05, 0) is 24.7 Å². The topological polar surface area (TPSA) is 75.9 Å². The number of fused-ring (bicyclic) bond motifs is 1. The third kappa shape index (κ3) is 3.06. The summed E-state index contributed by atoms with van der Waals surface area (Å²) in [6, 6.07) is 0.232. The van der Waals surface area contributed by atoms with Crippen LogP contribution in [-0.4, -0.2) is 68.1 Å². The van der Waals surface area contributed by atoms with Gasteiger partial charge in [0.1, 0.15) is 6.61 Å². The molecule has 1 saturated heterocycles. The van der Waals surface area contributed by atoms with Gasteiger partial charge in [-0.25, -0.2) is 0 Å². The predicted molar refractivity (Wildman–Crippen MR) is 70.3 cm³/mol. The van der Waals surface area contributed by atoms with Gasteiger partial charge in [0.2, 0.25) is 11.8 Å². The summed E-state index contributed by atoms with van der Waals surface area (Å²) in [5, 5.41) is 0. The van der Waals surface area contributed by atoms with E-state index in [1.54, 1.807) is 7.05 Å². The Morgan fingerprint density at radius 2 is 2.11 bits per heavy atom. The number of likely N-dealkylation sites (tertiary alicyclic amines) is 1. The van der Waals surface area contributed by atoms with Gasteiger partial charge in [0, 0.05) is 33.3 Å². The van der Waals surface area contributed by atoms with Crippen molar-refractivity contribution in [1.29, 1.82) is 0 Å². The van der Waals surface area contributed by atoms with Gasteiger partial charge in [-0.3, -0.25) is 9.59 Å². The van der Waals surface area contributed by atoms with Crippen molar-refractivity contribution in [3.05, 3.63) is 0 Å². The smallest absolute Gasteiger partial charge is 0.248 e. The summed E-state index contributed by atoms with van der Waals surface area (Å²) in [6.07, 6.45) is 2.19. The molecule has 108 valence electrons. The number of hydrogen-bond acceptors (Lipinski definition) is 4. The van der Waals surface area contributed by atoms with Gasteiger partial charge in [-0.1, -0.05) is 0 Å². The molecule has 0 aromatic carbocycles. The first-order valence-corrected chi connectivity index (χ1v) is 6.79. The number of methoxy groups -OCH3 is 1. The molecule has 3 unspecified atom stereocenters. The molecule has 2 rings (SSSR count). The van der Waals surface area contributed by atoms with Gasteiger partial charge in [-0.2, -0.15) is 0 Å². The summed E-state index contributed by atoms with van der Waals surface area (Å²) in [5.74, 6) is 0.836. The highest BCUT2D eigenvalue weighted by atomic mass is 16.5. The van der Waals surface area contributed by atoms with Crippen molar-refractivity contribution in [3.8, 4) is 0 Å². The van der Waals surface area contributed by atoms with E-state index in [0.717, 1.165) is 25.9 Å². The minimum absolute atomic E-state index is 0.00792. The van der Waals surface area contributed by atoms with E-state index in [4.69, 9.17) is 10.5 Å². The van der Waals surface area contributed by atoms with Crippen molar-refractivity contribution in [1.82, 2.24) is 9.80 Å². The average molecular weight is 269 g/mol. The maximum Gasteiger partial charge on any atom is 0.248 e. The van der Waals surface area contributed by atoms with Gasteiger partial charge < -0.3 is 20.3 Å². The maximum absolute atomic E-state index is 12.2. The number of carbonyl (C=O) groups excluding carboxylic acids is 2. The Kier molecular flexibility index (Phi) is 4.42. The highest BCUT2D eigenvalue weighted by Crippen LogP contribution is 2.37. The van der Waals surface area contributed by atoms with Crippen LogP contribution in [0.5, 0.6) is 0 Å². The van der Waals surface area contributed by atoms with Crippen molar-refractivity contribution in [2.24, 2.45) is 17.6 Å². The quantitative estimate of drug-likeness (QED) is 0.731. The molecule has 0 aromatic rings. The molecule has 1 saturated carbocycles. The molecule has 6 nitrogen and oxygen atoms in total. The molecule has 6 heteroatoms. The van der Waals surface area contributed by atoms with E-state index < -0.39 is 0 Å². The van der Waals surface area contributed by atoms with Crippen molar-refractivity contribution in [3.63, 3.8) is 0 Å². The molecule has 3 atom stereocenters. The number of hydrogen-bond donors (Lipinski definition) is 1. The van der Waals surface area contributed by atoms with Crippen LogP contribution in [0.4, 0.5) is 0 Å². The van der Waals surface area contributed by atoms with Gasteiger partial charge >= 0.3 is 0 Å². The molecule has 2 amide bonds. The lowest BCUT2D eigenvalue weighted by atomic mass is 9.98. The molecular formula is C13H23N3O3. The number of likely N-dealkylation sites (N-methyl/N-ethyl adjacent to an activating group) is 1. The predicted octanol–water partition coefficient (Wildman–Crippen LogP) is -0.713. The Bertz CT molecular complexity index is 361. The summed E-state index contributed by atoms with van der Waals surface area (Å²) >= 11 is 0. The third-order valence-electron chi connectivity index (χ3n) is 4.33. The molecule has 2 N–H and O–H groups in total. The van der Waals surface area contributed by atoms with Crippen molar-refractivity contribution >= 4 is 11.8 Å². The van der Waals surface area contributed by atoms with Crippen LogP contribution in [0, 0.1) is 11.8 Å². The van der Waals surface area contributed by atoms with Crippen LogP contribution in [-0.2, 0) is 14.3 Å². The second-order valence-electron chi connectivity index (χ2n) is 5.65. The zero-order valence-electron chi connectivity index (χ0n) is 11.7. The first-order chi connectivity index (χ1) is 9.02. The third-order valence-corrected chi connectivity index (χ3v) is 4.33. The van der Waals surface area contributed by atoms with Crippen molar-refractivity contribution in [2.45, 2.75) is 18.9 Å². The molecular weight excluding hydrogens is 246 g/mol. The Balaban J connectivity index is 1.83. The number of nitrogens with zero attached hydrogens (tertiary/aromatic N) is 2. The summed E-state index contributed by atoms with van der Waals surface area (Å²) in [6.45, 7) is 1.68. The van der Waals surface area contributed by atoms with Crippen LogP contribution in [0.15, 0.2) is 0 Å². The summed E-state index contributed by atoms with van der Waals surface area (Å²) in [5.41, 5.74) is 6.05. The highest BCUT2D eigenvalue weighted by molar-refractivity contribution is 5.85. The van der Waals surface area contributed by atoms with Gasteiger partial charge in [0.25, 0.3) is 0 Å². The van der Waals surface area contributed by atoms with Gasteiger partial charge in [0.15, 0.2) is 0 Å². The number of amides is 2. The van der Waals surface area contributed by atoms with Crippen molar-refractivity contribution < 1.29 is 14.3 Å². The average Bonchev–Trinajstić information content (AvgIpc) is 2.92. The van der Waals surface area contributed by atoms with Crippen LogP contribution < -0.4 is 5.73 Å². The normalized spacial score (nSPS) is 29.4. The van der Waals surface area contributed by atoms with Crippen LogP contribution in [0.25, 0.3) is 0 Å². The monoisotopic (exact) mass is 269 g/mol. The van der Waals surface area contributed by atoms with Gasteiger partial charge in [-0.15, -0.1) is 0 Å². The van der Waals surface area contributed by atoms with Crippen LogP contribution in [0.2, 0.25) is 0 Å². The van der Waals surface area contributed by atoms with E-state index in [-0.39, 0.29) is 31.0 Å². The molecule has 0 spiro atoms. The van der Waals surface area contributed by atoms with E-state index >= 15 is 0 Å². The summed E-state index contributed by atoms with van der Waals surface area (Å²) in [4.78, 5) is 27.0. The highest BCUT2D eigenvalue weighted by Gasteiger charge is 2.42. The van der Waals surface area contributed by atoms with E-state index in [1.165, 1.54) is 12.0 Å². The maximum atomic E-state index is 12.2. The van der Waals surface area contributed by atoms with Crippen molar-refractivity contribution in [2.75, 3.05) is 40.4 Å². The second kappa shape index (κ2) is 5.88. The Morgan fingerprint density at radius 1 is 1.37 bits per heavy atom. The fraction of sp³-hybridized carbons (Fsp3) is 0.846. The summed E-state index contributed by atoms with van der Waals surface area (Å²) in [7, 11) is 3.10. The van der Waals surface area contributed by atoms with E-state index in [1.807, 2.05) is 4.90 Å². The molecule has 1 aliphatic carbocycles. The number of carbonyl (C=O) groups is 2. The zero-order chi connectivity index (χ0) is 14.0. The first-order valence-electron chi connectivity index (χ1n) is 6.79. The lowest BCUT2D eigenvalue weighted by Gasteiger charge is -2.22. The first kappa shape index (κ1) is 14.3. The number of nitrogens with two attached hydrogens (primary N) is 1. The van der Waals surface area contributed by atoms with Crippen LogP contribution >= 0.6 is 0 Å². The Labute approximate surface area is 113 Å². The number of rotatable bonds is 4. The molecule has 1 aliphatic heterocycles. The molecule has 2 fully saturated rings. The van der Waals surface area contributed by atoms with Gasteiger partial charge in [0.05, 0.1) is 6.54 Å². The molecule has 1 heterocycles. The zero-order valence-corrected chi connectivity index (χ0v) is 11.7. The SMILES string of the molecule is COCC(=O)N(C)CC(=O)N1CC2CCC(N)C2C1. The Morgan fingerprint density at radius 3 is 2.74 bits per heavy atom. The fourth-order valence-corrected chi connectivity index (χ4v) is 3.14. The second-order valence-corrected chi connectivity index (χ2v) is 5.65. The van der Waals surface area contributed by atoms with E-state index in [2.05, 4.69) is 0 Å². The molecule has 0 radical (unpaired) electrons. The molecule has 0 aromatic heterocycles. The Hall–Kier alpha value is -1.14. The van der Waals surface area contributed by atoms with E-state index in [0.29, 0.717) is 11.8 Å². The fourth-order valence-electron chi connectivity index (χ4n) is 3.14. The number of ether oxygens (including phenoxy) is 1. The summed E-state index contributed by atoms with van der Waals surface area (Å²) < 4.78 is 4.77. The molecule has 2 aliphatic rings. The lowest BCUT2D eigenvalue weighted by Crippen LogP contribution is -2.42. The largest absolute Gasteiger partial charge is 0.375 e. The minimum atomic E-state index is -0.174. The molecule has 19 heavy (non-hydrogen) atoms. The minimum Gasteiger partial charge on any atom is -0.375 e. The van der Waals surface area contributed by atoms with E-state index in [9.17, 15) is 9.59 Å². The lowest BCUT2D eigenvalue weighted by molar-refractivity contribution is -0.141. The van der Waals surface area contributed by atoms with Crippen LogP contribution in [0.3, 0.4) is 0 Å². The van der Waals surface area contributed by atoms with Crippen LogP contribution in [0.1, 0.15) is 12.8 Å². The standard InChI is InChI=1S/C13H23N3O3/c1-15(13(18)8-19-2)7-12(17)16-5-9-3-4-11(14)10(9)6-16/h9-11H,3-8,14H2,1-2H3.